The normalized spacial score (nSPS) is 19.2. The van der Waals surface area contributed by atoms with Crippen LogP contribution < -0.4 is 9.47 Å². The van der Waals surface area contributed by atoms with Gasteiger partial charge in [-0.1, -0.05) is 36.4 Å². The van der Waals surface area contributed by atoms with Gasteiger partial charge in [-0.3, -0.25) is 9.69 Å². The van der Waals surface area contributed by atoms with Crippen LogP contribution >= 0.6 is 0 Å². The average molecular weight is 437 g/mol. The van der Waals surface area contributed by atoms with E-state index < -0.39 is 0 Å². The second-order valence-corrected chi connectivity index (χ2v) is 8.40. The van der Waals surface area contributed by atoms with Crippen molar-refractivity contribution in [3.8, 4) is 11.5 Å². The number of halogens is 1. The van der Waals surface area contributed by atoms with Crippen LogP contribution in [0, 0.1) is 5.82 Å². The molecular weight excluding hydrogens is 407 g/mol. The van der Waals surface area contributed by atoms with Crippen LogP contribution in [0.4, 0.5) is 4.39 Å². The Labute approximate surface area is 188 Å². The third-order valence-corrected chi connectivity index (χ3v) is 6.15. The zero-order valence-electron chi connectivity index (χ0n) is 18.8. The number of nitrogens with zero attached hydrogens (tertiary/aromatic N) is 2. The molecule has 1 saturated heterocycles. The average Bonchev–Trinajstić information content (AvgIpc) is 2.80. The van der Waals surface area contributed by atoms with Crippen molar-refractivity contribution >= 4 is 16.7 Å². The lowest BCUT2D eigenvalue weighted by Gasteiger charge is -2.44. The Balaban J connectivity index is 1.39. The van der Waals surface area contributed by atoms with E-state index in [1.165, 1.54) is 12.1 Å². The van der Waals surface area contributed by atoms with Gasteiger partial charge in [0.2, 0.25) is 0 Å². The third-order valence-electron chi connectivity index (χ3n) is 6.15. The number of hydrogen-bond acceptors (Lipinski definition) is 4. The minimum Gasteiger partial charge on any atom is -0.496 e. The monoisotopic (exact) mass is 436 g/mol. The Hall–Kier alpha value is -3.12. The highest BCUT2D eigenvalue weighted by atomic mass is 19.1. The summed E-state index contributed by atoms with van der Waals surface area (Å²) in [5.41, 5.74) is 1.07. The summed E-state index contributed by atoms with van der Waals surface area (Å²) in [5.74, 6) is 1.20. The molecule has 1 amide bonds. The van der Waals surface area contributed by atoms with Crippen LogP contribution in [0.5, 0.6) is 11.5 Å². The molecule has 3 aromatic carbocycles. The Morgan fingerprint density at radius 1 is 0.938 bits per heavy atom. The number of fused-ring (bicyclic) bond motifs is 1. The molecule has 4 rings (SSSR count). The van der Waals surface area contributed by atoms with E-state index in [1.807, 2.05) is 53.4 Å². The van der Waals surface area contributed by atoms with Gasteiger partial charge in [0.1, 0.15) is 17.3 Å². The molecule has 0 spiro atoms. The van der Waals surface area contributed by atoms with Gasteiger partial charge in [-0.05, 0) is 43.7 Å². The highest BCUT2D eigenvalue weighted by molar-refractivity contribution is 5.93. The van der Waals surface area contributed by atoms with Gasteiger partial charge in [0.15, 0.2) is 6.61 Å². The lowest BCUT2D eigenvalue weighted by Crippen LogP contribution is -2.58. The molecule has 0 aliphatic carbocycles. The molecule has 0 aromatic heterocycles. The molecule has 0 saturated carbocycles. The van der Waals surface area contributed by atoms with Crippen molar-refractivity contribution in [1.82, 2.24) is 9.80 Å². The molecule has 1 aliphatic rings. The number of carbonyl (C=O) groups is 1. The number of hydrogen-bond donors (Lipinski definition) is 0. The Bertz CT molecular complexity index is 1090. The molecule has 0 unspecified atom stereocenters. The summed E-state index contributed by atoms with van der Waals surface area (Å²) in [7, 11) is 1.64. The van der Waals surface area contributed by atoms with Gasteiger partial charge in [-0.25, -0.2) is 4.39 Å². The van der Waals surface area contributed by atoms with Crippen LogP contribution in [0.3, 0.4) is 0 Å². The van der Waals surface area contributed by atoms with Crippen molar-refractivity contribution < 1.29 is 18.7 Å². The number of benzene rings is 3. The number of piperazine rings is 1. The summed E-state index contributed by atoms with van der Waals surface area (Å²) in [6.45, 7) is 6.30. The van der Waals surface area contributed by atoms with Gasteiger partial charge >= 0.3 is 0 Å². The zero-order chi connectivity index (χ0) is 22.7. The summed E-state index contributed by atoms with van der Waals surface area (Å²) in [4.78, 5) is 17.2. The van der Waals surface area contributed by atoms with Crippen LogP contribution in [0.2, 0.25) is 0 Å². The Morgan fingerprint density at radius 3 is 2.28 bits per heavy atom. The zero-order valence-corrected chi connectivity index (χ0v) is 18.8. The second kappa shape index (κ2) is 9.57. The number of methoxy groups -OCH3 is 1. The SMILES string of the molecule is COc1ccc(OCC(=O)N2C[C@H](C)N(Cc3ccc(F)cc3)C[C@H]2C)c2ccccc12. The summed E-state index contributed by atoms with van der Waals surface area (Å²) < 4.78 is 24.6. The largest absolute Gasteiger partial charge is 0.496 e. The van der Waals surface area contributed by atoms with Crippen molar-refractivity contribution in [2.24, 2.45) is 0 Å². The molecule has 0 N–H and O–H groups in total. The number of carbonyl (C=O) groups excluding carboxylic acids is 1. The van der Waals surface area contributed by atoms with E-state index in [0.29, 0.717) is 12.3 Å². The molecule has 0 radical (unpaired) electrons. The highest BCUT2D eigenvalue weighted by Gasteiger charge is 2.32. The quantitative estimate of drug-likeness (QED) is 0.571. The van der Waals surface area contributed by atoms with Gasteiger partial charge < -0.3 is 14.4 Å². The first-order chi connectivity index (χ1) is 15.5. The van der Waals surface area contributed by atoms with E-state index in [1.54, 1.807) is 7.11 Å². The van der Waals surface area contributed by atoms with E-state index in [0.717, 1.165) is 35.2 Å². The maximum Gasteiger partial charge on any atom is 0.260 e. The molecule has 32 heavy (non-hydrogen) atoms. The summed E-state index contributed by atoms with van der Waals surface area (Å²) in [6, 6.07) is 18.4. The highest BCUT2D eigenvalue weighted by Crippen LogP contribution is 2.33. The molecular formula is C26H29FN2O3. The predicted molar refractivity (Wildman–Crippen MR) is 123 cm³/mol. The van der Waals surface area contributed by atoms with E-state index >= 15 is 0 Å². The van der Waals surface area contributed by atoms with Crippen LogP contribution in [0.15, 0.2) is 60.7 Å². The maximum atomic E-state index is 13.2. The molecule has 5 nitrogen and oxygen atoms in total. The molecule has 6 heteroatoms. The van der Waals surface area contributed by atoms with Gasteiger partial charge in [-0.15, -0.1) is 0 Å². The van der Waals surface area contributed by atoms with Gasteiger partial charge in [0, 0.05) is 42.5 Å². The van der Waals surface area contributed by atoms with Crippen molar-refractivity contribution in [1.29, 1.82) is 0 Å². The van der Waals surface area contributed by atoms with Crippen LogP contribution in [-0.2, 0) is 11.3 Å². The van der Waals surface area contributed by atoms with Crippen molar-refractivity contribution in [3.05, 3.63) is 72.0 Å². The third kappa shape index (κ3) is 4.70. The van der Waals surface area contributed by atoms with E-state index in [-0.39, 0.29) is 30.4 Å². The molecule has 1 fully saturated rings. The van der Waals surface area contributed by atoms with Crippen LogP contribution in [0.25, 0.3) is 10.8 Å². The molecule has 1 heterocycles. The number of rotatable bonds is 6. The molecule has 1 aliphatic heterocycles. The van der Waals surface area contributed by atoms with Crippen molar-refractivity contribution in [3.63, 3.8) is 0 Å². The first-order valence-electron chi connectivity index (χ1n) is 10.9. The summed E-state index contributed by atoms with van der Waals surface area (Å²) in [6.07, 6.45) is 0. The first kappa shape index (κ1) is 22.1. The number of amides is 1. The van der Waals surface area contributed by atoms with Crippen molar-refractivity contribution in [2.75, 3.05) is 26.8 Å². The maximum absolute atomic E-state index is 13.2. The summed E-state index contributed by atoms with van der Waals surface area (Å²) in [5, 5.41) is 1.88. The predicted octanol–water partition coefficient (Wildman–Crippen LogP) is 4.49. The van der Waals surface area contributed by atoms with Gasteiger partial charge in [0.25, 0.3) is 5.91 Å². The van der Waals surface area contributed by atoms with E-state index in [9.17, 15) is 9.18 Å². The molecule has 2 atom stereocenters. The smallest absolute Gasteiger partial charge is 0.260 e. The summed E-state index contributed by atoms with van der Waals surface area (Å²) >= 11 is 0. The first-order valence-corrected chi connectivity index (χ1v) is 10.9. The van der Waals surface area contributed by atoms with Crippen molar-refractivity contribution in [2.45, 2.75) is 32.5 Å². The second-order valence-electron chi connectivity index (χ2n) is 8.40. The van der Waals surface area contributed by atoms with Crippen LogP contribution in [0.1, 0.15) is 19.4 Å². The lowest BCUT2D eigenvalue weighted by atomic mass is 10.1. The Morgan fingerprint density at radius 2 is 1.59 bits per heavy atom. The topological polar surface area (TPSA) is 42.0 Å². The lowest BCUT2D eigenvalue weighted by molar-refractivity contribution is -0.139. The minimum atomic E-state index is -0.227. The standard InChI is InChI=1S/C26H29FN2O3/c1-18-15-29(19(2)14-28(18)16-20-8-10-21(27)11-9-20)26(30)17-32-25-13-12-24(31-3)22-6-4-5-7-23(22)25/h4-13,18-19H,14-17H2,1-3H3/t18-,19+/m0/s1. The Kier molecular flexibility index (Phi) is 6.61. The van der Waals surface area contributed by atoms with Gasteiger partial charge in [0.05, 0.1) is 7.11 Å². The molecule has 3 aromatic rings. The number of ether oxygens (including phenoxy) is 2. The van der Waals surface area contributed by atoms with Crippen LogP contribution in [-0.4, -0.2) is 54.6 Å². The molecule has 0 bridgehead atoms. The van der Waals surface area contributed by atoms with E-state index in [2.05, 4.69) is 18.7 Å². The fourth-order valence-electron chi connectivity index (χ4n) is 4.36. The fourth-order valence-corrected chi connectivity index (χ4v) is 4.36. The van der Waals surface area contributed by atoms with E-state index in [4.69, 9.17) is 9.47 Å². The van der Waals surface area contributed by atoms with Gasteiger partial charge in [-0.2, -0.15) is 0 Å². The minimum absolute atomic E-state index is 0.00859. The molecule has 168 valence electrons. The fraction of sp³-hybridized carbons (Fsp3) is 0.346.